The van der Waals surface area contributed by atoms with E-state index in [4.69, 9.17) is 9.47 Å². The van der Waals surface area contributed by atoms with Crippen LogP contribution in [0, 0.1) is 11.7 Å². The van der Waals surface area contributed by atoms with Gasteiger partial charge in [0, 0.05) is 35.8 Å². The molecule has 1 fully saturated rings. The minimum atomic E-state index is -0.290. The predicted molar refractivity (Wildman–Crippen MR) is 121 cm³/mol. The topological polar surface area (TPSA) is 60.5 Å². The highest BCUT2D eigenvalue weighted by atomic mass is 19.1. The molecule has 2 aromatic carbocycles. The van der Waals surface area contributed by atoms with Crippen molar-refractivity contribution in [1.82, 2.24) is 10.3 Å². The van der Waals surface area contributed by atoms with Crippen LogP contribution in [0.5, 0.6) is 5.75 Å². The van der Waals surface area contributed by atoms with Crippen LogP contribution in [-0.4, -0.2) is 31.2 Å². The summed E-state index contributed by atoms with van der Waals surface area (Å²) in [6.07, 6.45) is 3.32. The molecule has 1 aliphatic carbocycles. The molecule has 0 amide bonds. The Morgan fingerprint density at radius 1 is 1.09 bits per heavy atom. The number of aromatic nitrogens is 1. The van der Waals surface area contributed by atoms with Crippen molar-refractivity contribution in [2.45, 2.75) is 31.3 Å². The third kappa shape index (κ3) is 4.65. The Morgan fingerprint density at radius 2 is 1.91 bits per heavy atom. The highest BCUT2D eigenvalue weighted by Crippen LogP contribution is 2.41. The first-order chi connectivity index (χ1) is 15.6. The molecular weight excluding hydrogens is 407 g/mol. The second kappa shape index (κ2) is 9.92. The van der Waals surface area contributed by atoms with Crippen molar-refractivity contribution in [3.8, 4) is 17.0 Å². The normalized spacial score (nSPS) is 20.2. The quantitative estimate of drug-likeness (QED) is 0.545. The van der Waals surface area contributed by atoms with Crippen molar-refractivity contribution >= 4 is 5.97 Å². The average molecular weight is 435 g/mol. The van der Waals surface area contributed by atoms with E-state index in [1.807, 2.05) is 30.3 Å². The largest absolute Gasteiger partial charge is 0.496 e. The Hall–Kier alpha value is -3.25. The molecule has 166 valence electrons. The fourth-order valence-corrected chi connectivity index (χ4v) is 4.64. The van der Waals surface area contributed by atoms with Crippen molar-refractivity contribution in [1.29, 1.82) is 0 Å². The second-order valence-electron chi connectivity index (χ2n) is 8.01. The number of ether oxygens (including phenoxy) is 2. The SMILES string of the molecule is COC(=O)C1CCC(NCc2cc(-c3ccccn3)ccc2OC)C1c1ccc(F)cc1. The standard InChI is InChI=1S/C26H27FN2O3/c1-31-24-13-8-18(22-5-3-4-14-28-22)15-19(24)16-29-23-12-11-21(26(30)32-2)25(23)17-6-9-20(27)10-7-17/h3-10,13-15,21,23,25,29H,11-12,16H2,1-2H3. The summed E-state index contributed by atoms with van der Waals surface area (Å²) in [5.41, 5.74) is 3.85. The molecule has 1 N–H and O–H groups in total. The number of nitrogens with one attached hydrogen (secondary N) is 1. The van der Waals surface area contributed by atoms with Crippen LogP contribution in [0.1, 0.15) is 29.9 Å². The molecule has 3 unspecified atom stereocenters. The van der Waals surface area contributed by atoms with Gasteiger partial charge in [0.15, 0.2) is 0 Å². The molecule has 0 aliphatic heterocycles. The van der Waals surface area contributed by atoms with Crippen LogP contribution >= 0.6 is 0 Å². The molecule has 5 nitrogen and oxygen atoms in total. The van der Waals surface area contributed by atoms with E-state index >= 15 is 0 Å². The van der Waals surface area contributed by atoms with Gasteiger partial charge in [-0.2, -0.15) is 0 Å². The van der Waals surface area contributed by atoms with E-state index in [2.05, 4.69) is 16.4 Å². The number of carbonyl (C=O) groups excluding carboxylic acids is 1. The van der Waals surface area contributed by atoms with E-state index in [0.29, 0.717) is 6.54 Å². The van der Waals surface area contributed by atoms with Crippen LogP contribution in [0.25, 0.3) is 11.3 Å². The Morgan fingerprint density at radius 3 is 2.59 bits per heavy atom. The van der Waals surface area contributed by atoms with Gasteiger partial charge in [-0.1, -0.05) is 18.2 Å². The van der Waals surface area contributed by atoms with E-state index in [-0.39, 0.29) is 29.7 Å². The van der Waals surface area contributed by atoms with E-state index in [1.54, 1.807) is 25.4 Å². The molecule has 1 aromatic heterocycles. The molecule has 0 bridgehead atoms. The van der Waals surface area contributed by atoms with Crippen LogP contribution in [0.15, 0.2) is 66.9 Å². The summed E-state index contributed by atoms with van der Waals surface area (Å²) in [5.74, 6) is -0.0731. The van der Waals surface area contributed by atoms with Gasteiger partial charge < -0.3 is 14.8 Å². The average Bonchev–Trinajstić information content (AvgIpc) is 3.27. The van der Waals surface area contributed by atoms with E-state index in [0.717, 1.165) is 41.0 Å². The van der Waals surface area contributed by atoms with Gasteiger partial charge in [-0.25, -0.2) is 4.39 Å². The highest BCUT2D eigenvalue weighted by molar-refractivity contribution is 5.74. The van der Waals surface area contributed by atoms with Crippen LogP contribution in [0.3, 0.4) is 0 Å². The third-order valence-corrected chi connectivity index (χ3v) is 6.21. The molecule has 3 aromatic rings. The zero-order valence-electron chi connectivity index (χ0n) is 18.3. The molecule has 1 saturated carbocycles. The molecule has 0 saturated heterocycles. The summed E-state index contributed by atoms with van der Waals surface area (Å²) < 4.78 is 24.1. The Kier molecular flexibility index (Phi) is 6.81. The summed E-state index contributed by atoms with van der Waals surface area (Å²) in [6, 6.07) is 18.3. The molecule has 0 spiro atoms. The second-order valence-corrected chi connectivity index (χ2v) is 8.01. The summed E-state index contributed by atoms with van der Waals surface area (Å²) >= 11 is 0. The lowest BCUT2D eigenvalue weighted by Crippen LogP contribution is -2.34. The number of benzene rings is 2. The number of carbonyl (C=O) groups is 1. The Bertz CT molecular complexity index is 1060. The molecule has 0 radical (unpaired) electrons. The number of rotatable bonds is 7. The van der Waals surface area contributed by atoms with Gasteiger partial charge in [0.1, 0.15) is 11.6 Å². The predicted octanol–water partition coefficient (Wildman–Crippen LogP) is 4.72. The smallest absolute Gasteiger partial charge is 0.309 e. The van der Waals surface area contributed by atoms with Gasteiger partial charge in [-0.15, -0.1) is 0 Å². The molecule has 1 heterocycles. The minimum Gasteiger partial charge on any atom is -0.496 e. The van der Waals surface area contributed by atoms with E-state index < -0.39 is 0 Å². The molecule has 1 aliphatic rings. The number of halogens is 1. The van der Waals surface area contributed by atoms with Crippen LogP contribution < -0.4 is 10.1 Å². The van der Waals surface area contributed by atoms with E-state index in [1.165, 1.54) is 19.2 Å². The van der Waals surface area contributed by atoms with E-state index in [9.17, 15) is 9.18 Å². The highest BCUT2D eigenvalue weighted by Gasteiger charge is 2.41. The molecule has 4 rings (SSSR count). The lowest BCUT2D eigenvalue weighted by molar-refractivity contribution is -0.145. The number of hydrogen-bond donors (Lipinski definition) is 1. The van der Waals surface area contributed by atoms with Crippen molar-refractivity contribution in [2.24, 2.45) is 5.92 Å². The summed E-state index contributed by atoms with van der Waals surface area (Å²) in [6.45, 7) is 0.570. The van der Waals surface area contributed by atoms with Gasteiger partial charge in [0.2, 0.25) is 0 Å². The number of pyridine rings is 1. The lowest BCUT2D eigenvalue weighted by atomic mass is 9.86. The first-order valence-electron chi connectivity index (χ1n) is 10.8. The Balaban J connectivity index is 1.57. The Labute approximate surface area is 187 Å². The third-order valence-electron chi connectivity index (χ3n) is 6.21. The first kappa shape index (κ1) is 22.0. The molecule has 32 heavy (non-hydrogen) atoms. The number of nitrogens with zero attached hydrogens (tertiary/aromatic N) is 1. The van der Waals surface area contributed by atoms with Gasteiger partial charge in [-0.3, -0.25) is 9.78 Å². The van der Waals surface area contributed by atoms with Crippen molar-refractivity contribution in [3.63, 3.8) is 0 Å². The maximum atomic E-state index is 13.5. The fourth-order valence-electron chi connectivity index (χ4n) is 4.64. The van der Waals surface area contributed by atoms with Crippen LogP contribution in [0.4, 0.5) is 4.39 Å². The van der Waals surface area contributed by atoms with Crippen molar-refractivity contribution in [2.75, 3.05) is 14.2 Å². The fraction of sp³-hybridized carbons (Fsp3) is 0.308. The summed E-state index contributed by atoms with van der Waals surface area (Å²) in [5, 5.41) is 3.62. The molecule has 3 atom stereocenters. The van der Waals surface area contributed by atoms with Crippen molar-refractivity contribution < 1.29 is 18.7 Å². The monoisotopic (exact) mass is 434 g/mol. The minimum absolute atomic E-state index is 0.0489. The lowest BCUT2D eigenvalue weighted by Gasteiger charge is -2.25. The number of hydrogen-bond acceptors (Lipinski definition) is 5. The zero-order valence-corrected chi connectivity index (χ0v) is 18.3. The van der Waals surface area contributed by atoms with Crippen LogP contribution in [-0.2, 0) is 16.1 Å². The van der Waals surface area contributed by atoms with Crippen molar-refractivity contribution in [3.05, 3.63) is 83.8 Å². The van der Waals surface area contributed by atoms with Crippen LogP contribution in [0.2, 0.25) is 0 Å². The van der Waals surface area contributed by atoms with Gasteiger partial charge >= 0.3 is 5.97 Å². The molecular formula is C26H27FN2O3. The number of methoxy groups -OCH3 is 2. The zero-order chi connectivity index (χ0) is 22.5. The summed E-state index contributed by atoms with van der Waals surface area (Å²) in [4.78, 5) is 16.9. The van der Waals surface area contributed by atoms with Gasteiger partial charge in [0.25, 0.3) is 0 Å². The maximum absolute atomic E-state index is 13.5. The van der Waals surface area contributed by atoms with Gasteiger partial charge in [0.05, 0.1) is 25.8 Å². The maximum Gasteiger partial charge on any atom is 0.309 e. The van der Waals surface area contributed by atoms with Gasteiger partial charge in [-0.05, 0) is 60.9 Å². The number of esters is 1. The first-order valence-corrected chi connectivity index (χ1v) is 10.8. The summed E-state index contributed by atoms with van der Waals surface area (Å²) in [7, 11) is 3.07. The molecule has 6 heteroatoms.